The Morgan fingerprint density at radius 3 is 2.14 bits per heavy atom. The van der Waals surface area contributed by atoms with Crippen molar-refractivity contribution in [2.24, 2.45) is 0 Å². The van der Waals surface area contributed by atoms with Crippen molar-refractivity contribution in [3.8, 4) is 17.2 Å². The Labute approximate surface area is 173 Å². The summed E-state index contributed by atoms with van der Waals surface area (Å²) in [6.45, 7) is -0.159. The van der Waals surface area contributed by atoms with Crippen LogP contribution >= 0.6 is 23.8 Å². The lowest BCUT2D eigenvalue weighted by molar-refractivity contribution is -0.121. The Hall–Kier alpha value is -3.09. The summed E-state index contributed by atoms with van der Waals surface area (Å²) in [4.78, 5) is 11.9. The first-order valence-electron chi connectivity index (χ1n) is 8.41. The molecule has 28 heavy (non-hydrogen) atoms. The van der Waals surface area contributed by atoms with Gasteiger partial charge >= 0.3 is 0 Å². The number of hydrogen-bond donors (Lipinski definition) is 2. The van der Waals surface area contributed by atoms with Gasteiger partial charge < -0.3 is 14.8 Å². The van der Waals surface area contributed by atoms with Crippen molar-refractivity contribution >= 4 is 40.5 Å². The predicted molar refractivity (Wildman–Crippen MR) is 114 cm³/mol. The lowest BCUT2D eigenvalue weighted by Crippen LogP contribution is -2.37. The Kier molecular flexibility index (Phi) is 6.84. The van der Waals surface area contributed by atoms with E-state index in [9.17, 15) is 4.79 Å². The lowest BCUT2D eigenvalue weighted by atomic mass is 10.3. The molecule has 3 rings (SSSR count). The molecule has 0 aliphatic rings. The summed E-state index contributed by atoms with van der Waals surface area (Å²) in [6, 6.07) is 23.5. The van der Waals surface area contributed by atoms with Crippen LogP contribution in [0.3, 0.4) is 0 Å². The van der Waals surface area contributed by atoms with Crippen LogP contribution in [0, 0.1) is 0 Å². The third-order valence-electron chi connectivity index (χ3n) is 3.53. The molecule has 0 saturated heterocycles. The Morgan fingerprint density at radius 1 is 0.857 bits per heavy atom. The van der Waals surface area contributed by atoms with Crippen LogP contribution in [0.2, 0.25) is 5.02 Å². The second-order valence-electron chi connectivity index (χ2n) is 5.68. The van der Waals surface area contributed by atoms with Crippen LogP contribution < -0.4 is 20.1 Å². The van der Waals surface area contributed by atoms with Gasteiger partial charge in [-0.1, -0.05) is 29.8 Å². The number of nitrogens with one attached hydrogen (secondary N) is 2. The number of rotatable bonds is 6. The van der Waals surface area contributed by atoms with Crippen LogP contribution in [-0.4, -0.2) is 17.6 Å². The van der Waals surface area contributed by atoms with E-state index in [4.69, 9.17) is 33.3 Å². The highest BCUT2D eigenvalue weighted by Crippen LogP contribution is 2.22. The summed E-state index contributed by atoms with van der Waals surface area (Å²) in [5.74, 6) is 1.64. The summed E-state index contributed by atoms with van der Waals surface area (Å²) in [7, 11) is 0. The molecule has 0 saturated carbocycles. The van der Waals surface area contributed by atoms with Crippen molar-refractivity contribution in [1.82, 2.24) is 5.32 Å². The number of hydrogen-bond acceptors (Lipinski definition) is 4. The second kappa shape index (κ2) is 9.73. The topological polar surface area (TPSA) is 59.6 Å². The van der Waals surface area contributed by atoms with Crippen molar-refractivity contribution in [2.45, 2.75) is 0 Å². The van der Waals surface area contributed by atoms with Gasteiger partial charge in [0.25, 0.3) is 5.91 Å². The van der Waals surface area contributed by atoms with Gasteiger partial charge in [-0.25, -0.2) is 0 Å². The quantitative estimate of drug-likeness (QED) is 0.556. The highest BCUT2D eigenvalue weighted by molar-refractivity contribution is 7.80. The zero-order valence-electron chi connectivity index (χ0n) is 14.7. The molecule has 0 unspecified atom stereocenters. The first-order chi connectivity index (χ1) is 13.6. The molecular weight excluding hydrogens is 396 g/mol. The van der Waals surface area contributed by atoms with Gasteiger partial charge in [0.2, 0.25) is 0 Å². The normalized spacial score (nSPS) is 10.0. The number of thiocarbonyl (C=S) groups is 1. The molecule has 0 aliphatic heterocycles. The minimum atomic E-state index is -0.364. The molecule has 142 valence electrons. The summed E-state index contributed by atoms with van der Waals surface area (Å²) in [5.41, 5.74) is 0.726. The third-order valence-corrected chi connectivity index (χ3v) is 3.98. The van der Waals surface area contributed by atoms with E-state index in [1.165, 1.54) is 0 Å². The second-order valence-corrected chi connectivity index (χ2v) is 6.53. The van der Waals surface area contributed by atoms with E-state index >= 15 is 0 Å². The molecular formula is C21H17ClN2O3S. The highest BCUT2D eigenvalue weighted by Gasteiger charge is 2.06. The third kappa shape index (κ3) is 6.26. The number of benzene rings is 3. The zero-order chi connectivity index (χ0) is 19.8. The van der Waals surface area contributed by atoms with Gasteiger partial charge in [0, 0.05) is 10.7 Å². The fourth-order valence-corrected chi connectivity index (χ4v) is 2.59. The predicted octanol–water partition coefficient (Wildman–Crippen LogP) is 5.02. The molecule has 0 bridgehead atoms. The molecule has 2 N–H and O–H groups in total. The van der Waals surface area contributed by atoms with Crippen molar-refractivity contribution < 1.29 is 14.3 Å². The molecule has 5 nitrogen and oxygen atoms in total. The fraction of sp³-hybridized carbons (Fsp3) is 0.0476. The van der Waals surface area contributed by atoms with Crippen LogP contribution in [0.5, 0.6) is 17.2 Å². The molecule has 0 heterocycles. The van der Waals surface area contributed by atoms with Gasteiger partial charge in [0.05, 0.1) is 0 Å². The molecule has 0 atom stereocenters. The van der Waals surface area contributed by atoms with Gasteiger partial charge in [-0.15, -0.1) is 0 Å². The Balaban J connectivity index is 1.44. The standard InChI is InChI=1S/C21H17ClN2O3S/c22-15-6-10-17(11-7-15)26-14-20(25)24-21(28)23-16-8-12-19(13-9-16)27-18-4-2-1-3-5-18/h1-13H,14H2,(H2,23,24,25,28). The number of amides is 1. The maximum absolute atomic E-state index is 11.9. The number of carbonyl (C=O) groups is 1. The maximum atomic E-state index is 11.9. The summed E-state index contributed by atoms with van der Waals surface area (Å²) in [5, 5.41) is 6.29. The number of anilines is 1. The van der Waals surface area contributed by atoms with Crippen LogP contribution in [0.4, 0.5) is 5.69 Å². The number of para-hydroxylation sites is 1. The van der Waals surface area contributed by atoms with Gasteiger partial charge in [-0.3, -0.25) is 10.1 Å². The van der Waals surface area contributed by atoms with E-state index in [1.807, 2.05) is 42.5 Å². The first-order valence-corrected chi connectivity index (χ1v) is 9.19. The van der Waals surface area contributed by atoms with Crippen molar-refractivity contribution in [3.05, 3.63) is 83.9 Å². The maximum Gasteiger partial charge on any atom is 0.264 e. The van der Waals surface area contributed by atoms with E-state index in [2.05, 4.69) is 10.6 Å². The molecule has 0 radical (unpaired) electrons. The van der Waals surface area contributed by atoms with E-state index < -0.39 is 0 Å². The number of carbonyl (C=O) groups excluding carboxylic acids is 1. The molecule has 1 amide bonds. The van der Waals surface area contributed by atoms with E-state index in [-0.39, 0.29) is 17.6 Å². The summed E-state index contributed by atoms with van der Waals surface area (Å²) in [6.07, 6.45) is 0. The molecule has 0 aromatic heterocycles. The average molecular weight is 413 g/mol. The van der Waals surface area contributed by atoms with Crippen molar-refractivity contribution in [2.75, 3.05) is 11.9 Å². The van der Waals surface area contributed by atoms with Crippen LogP contribution in [0.1, 0.15) is 0 Å². The van der Waals surface area contributed by atoms with Gasteiger partial charge in [0.15, 0.2) is 11.7 Å². The Bertz CT molecular complexity index is 932. The monoisotopic (exact) mass is 412 g/mol. The van der Waals surface area contributed by atoms with E-state index in [0.717, 1.165) is 11.4 Å². The molecule has 3 aromatic rings. The minimum Gasteiger partial charge on any atom is -0.484 e. The zero-order valence-corrected chi connectivity index (χ0v) is 16.3. The van der Waals surface area contributed by atoms with E-state index in [0.29, 0.717) is 16.5 Å². The molecule has 0 aliphatic carbocycles. The number of halogens is 1. The molecule has 0 spiro atoms. The van der Waals surface area contributed by atoms with Gasteiger partial charge in [-0.2, -0.15) is 0 Å². The summed E-state index contributed by atoms with van der Waals surface area (Å²) < 4.78 is 11.1. The van der Waals surface area contributed by atoms with E-state index in [1.54, 1.807) is 36.4 Å². The first kappa shape index (κ1) is 19.7. The summed E-state index contributed by atoms with van der Waals surface area (Å²) >= 11 is 11.0. The molecule has 3 aromatic carbocycles. The van der Waals surface area contributed by atoms with Crippen LogP contribution in [0.25, 0.3) is 0 Å². The largest absolute Gasteiger partial charge is 0.484 e. The smallest absolute Gasteiger partial charge is 0.264 e. The van der Waals surface area contributed by atoms with Gasteiger partial charge in [-0.05, 0) is 72.9 Å². The Morgan fingerprint density at radius 2 is 1.46 bits per heavy atom. The lowest BCUT2D eigenvalue weighted by Gasteiger charge is -2.11. The SMILES string of the molecule is O=C(COc1ccc(Cl)cc1)NC(=S)Nc1ccc(Oc2ccccc2)cc1. The molecule has 0 fully saturated rings. The van der Waals surface area contributed by atoms with Crippen molar-refractivity contribution in [1.29, 1.82) is 0 Å². The average Bonchev–Trinajstić information content (AvgIpc) is 2.70. The van der Waals surface area contributed by atoms with Crippen LogP contribution in [-0.2, 0) is 4.79 Å². The number of ether oxygens (including phenoxy) is 2. The van der Waals surface area contributed by atoms with Crippen LogP contribution in [0.15, 0.2) is 78.9 Å². The molecule has 7 heteroatoms. The highest BCUT2D eigenvalue weighted by atomic mass is 35.5. The van der Waals surface area contributed by atoms with Crippen molar-refractivity contribution in [3.63, 3.8) is 0 Å². The van der Waals surface area contributed by atoms with Gasteiger partial charge in [0.1, 0.15) is 17.2 Å². The fourth-order valence-electron chi connectivity index (χ4n) is 2.24. The minimum absolute atomic E-state index is 0.159.